The third-order valence-corrected chi connectivity index (χ3v) is 3.42. The lowest BCUT2D eigenvalue weighted by Gasteiger charge is -2.05. The second-order valence-electron chi connectivity index (χ2n) is 3.60. The smallest absolute Gasteiger partial charge is 0.352 e. The fourth-order valence-electron chi connectivity index (χ4n) is 1.51. The molecule has 0 saturated carbocycles. The van der Waals surface area contributed by atoms with Crippen LogP contribution in [0.15, 0.2) is 24.3 Å². The summed E-state index contributed by atoms with van der Waals surface area (Å²) < 4.78 is 27.0. The molecule has 0 fully saturated rings. The van der Waals surface area contributed by atoms with Crippen molar-refractivity contribution in [2.24, 2.45) is 0 Å². The molecule has 0 bridgehead atoms. The molecule has 0 atom stereocenters. The van der Waals surface area contributed by atoms with Gasteiger partial charge in [0.1, 0.15) is 5.69 Å². The number of hydrogen-bond acceptors (Lipinski definition) is 3. The van der Waals surface area contributed by atoms with E-state index in [0.29, 0.717) is 16.6 Å². The van der Waals surface area contributed by atoms with Gasteiger partial charge in [-0.1, -0.05) is 6.07 Å². The number of hydrogen-bond donors (Lipinski definition) is 4. The van der Waals surface area contributed by atoms with Gasteiger partial charge in [-0.25, -0.2) is 9.52 Å². The Bertz CT molecular complexity index is 711. The first kappa shape index (κ1) is 15.3. The Morgan fingerprint density at radius 2 is 2.00 bits per heavy atom. The number of rotatable bonds is 4. The highest BCUT2D eigenvalue weighted by Crippen LogP contribution is 2.20. The van der Waals surface area contributed by atoms with Gasteiger partial charge in [0.05, 0.1) is 5.69 Å². The minimum atomic E-state index is -3.58. The summed E-state index contributed by atoms with van der Waals surface area (Å²) in [5.41, 5.74) is 0.943. The molecule has 0 saturated heterocycles. The van der Waals surface area contributed by atoms with Crippen LogP contribution in [0.2, 0.25) is 0 Å². The summed E-state index contributed by atoms with van der Waals surface area (Å²) in [7, 11) is -2.29. The van der Waals surface area contributed by atoms with E-state index < -0.39 is 16.2 Å². The highest BCUT2D eigenvalue weighted by molar-refractivity contribution is 7.90. The molecular weight excluding hydrogens is 294 g/mol. The molecule has 1 heterocycles. The van der Waals surface area contributed by atoms with Crippen LogP contribution in [0, 0.1) is 0 Å². The fourth-order valence-corrected chi connectivity index (χ4v) is 2.05. The Morgan fingerprint density at radius 1 is 1.32 bits per heavy atom. The molecule has 0 aliphatic rings. The van der Waals surface area contributed by atoms with E-state index in [1.54, 1.807) is 12.1 Å². The number of carbonyl (C=O) groups is 1. The lowest BCUT2D eigenvalue weighted by atomic mass is 10.2. The minimum Gasteiger partial charge on any atom is -0.477 e. The van der Waals surface area contributed by atoms with Gasteiger partial charge in [0.25, 0.3) is 10.2 Å². The average Bonchev–Trinajstić information content (AvgIpc) is 2.71. The van der Waals surface area contributed by atoms with Crippen molar-refractivity contribution in [3.63, 3.8) is 0 Å². The maximum absolute atomic E-state index is 11.3. The van der Waals surface area contributed by atoms with Crippen LogP contribution in [0.1, 0.15) is 10.5 Å². The maximum atomic E-state index is 11.3. The molecule has 104 valence electrons. The van der Waals surface area contributed by atoms with Crippen LogP contribution in [0.5, 0.6) is 0 Å². The number of carboxylic acids is 1. The number of H-pyrrole nitrogens is 1. The maximum Gasteiger partial charge on any atom is 0.352 e. The first-order chi connectivity index (χ1) is 8.41. The third-order valence-electron chi connectivity index (χ3n) is 2.37. The predicted octanol–water partition coefficient (Wildman–Crippen LogP) is 1.16. The highest BCUT2D eigenvalue weighted by Gasteiger charge is 2.10. The number of nitrogens with one attached hydrogen (secondary N) is 3. The first-order valence-corrected chi connectivity index (χ1v) is 6.47. The van der Waals surface area contributed by atoms with Gasteiger partial charge < -0.3 is 10.1 Å². The summed E-state index contributed by atoms with van der Waals surface area (Å²) in [6.07, 6.45) is 0. The number of carboxylic acid groups (broad SMARTS) is 1. The van der Waals surface area contributed by atoms with Crippen molar-refractivity contribution in [1.29, 1.82) is 0 Å². The molecule has 9 heteroatoms. The Balaban J connectivity index is 0.00000180. The Kier molecular flexibility index (Phi) is 4.40. The molecule has 1 aromatic heterocycles. The van der Waals surface area contributed by atoms with Crippen LogP contribution in [0.4, 0.5) is 5.69 Å². The molecule has 2 aromatic rings. The number of aromatic carboxylic acids is 1. The van der Waals surface area contributed by atoms with E-state index in [9.17, 15) is 13.2 Å². The van der Waals surface area contributed by atoms with Gasteiger partial charge in [-0.05, 0) is 18.2 Å². The van der Waals surface area contributed by atoms with E-state index in [4.69, 9.17) is 5.11 Å². The van der Waals surface area contributed by atoms with Gasteiger partial charge in [-0.2, -0.15) is 8.42 Å². The van der Waals surface area contributed by atoms with Crippen molar-refractivity contribution >= 4 is 45.2 Å². The summed E-state index contributed by atoms with van der Waals surface area (Å²) >= 11 is 0. The molecule has 19 heavy (non-hydrogen) atoms. The van der Waals surface area contributed by atoms with E-state index in [-0.39, 0.29) is 18.1 Å². The third kappa shape index (κ3) is 3.37. The van der Waals surface area contributed by atoms with Crippen LogP contribution in [-0.4, -0.2) is 31.5 Å². The van der Waals surface area contributed by atoms with E-state index >= 15 is 0 Å². The molecule has 0 amide bonds. The summed E-state index contributed by atoms with van der Waals surface area (Å²) in [6, 6.07) is 6.19. The van der Waals surface area contributed by atoms with Gasteiger partial charge in [0.15, 0.2) is 0 Å². The molecule has 0 spiro atoms. The zero-order valence-electron chi connectivity index (χ0n) is 9.80. The summed E-state index contributed by atoms with van der Waals surface area (Å²) in [5, 5.41) is 9.52. The molecule has 0 aliphatic carbocycles. The molecule has 7 nitrogen and oxygen atoms in total. The van der Waals surface area contributed by atoms with Crippen molar-refractivity contribution in [1.82, 2.24) is 9.71 Å². The first-order valence-electron chi connectivity index (χ1n) is 4.98. The number of halogens is 1. The number of aromatic amines is 1. The van der Waals surface area contributed by atoms with Crippen molar-refractivity contribution in [2.75, 3.05) is 11.8 Å². The Labute approximate surface area is 115 Å². The number of fused-ring (bicyclic) bond motifs is 1. The van der Waals surface area contributed by atoms with Crippen LogP contribution < -0.4 is 9.44 Å². The van der Waals surface area contributed by atoms with E-state index in [2.05, 4.69) is 14.4 Å². The van der Waals surface area contributed by atoms with Crippen LogP contribution in [0.3, 0.4) is 0 Å². The zero-order valence-corrected chi connectivity index (χ0v) is 11.4. The molecule has 0 radical (unpaired) electrons. The van der Waals surface area contributed by atoms with E-state index in [0.717, 1.165) is 0 Å². The molecule has 0 aliphatic heterocycles. The molecule has 4 N–H and O–H groups in total. The van der Waals surface area contributed by atoms with Gasteiger partial charge in [-0.15, -0.1) is 12.4 Å². The molecule has 1 aromatic carbocycles. The topological polar surface area (TPSA) is 111 Å². The lowest BCUT2D eigenvalue weighted by molar-refractivity contribution is 0.0691. The van der Waals surface area contributed by atoms with Crippen molar-refractivity contribution < 1.29 is 18.3 Å². The molecule has 0 unspecified atom stereocenters. The Morgan fingerprint density at radius 3 is 2.58 bits per heavy atom. The average molecular weight is 306 g/mol. The second-order valence-corrected chi connectivity index (χ2v) is 5.22. The number of benzene rings is 1. The standard InChI is InChI=1S/C10H11N3O4S.ClH/c1-11-18(16,17)13-7-3-2-6-4-9(10(14)15)12-8(6)5-7;/h2-5,11-13H,1H3,(H,14,15);1H. The number of aromatic nitrogens is 1. The number of anilines is 1. The van der Waals surface area contributed by atoms with Crippen LogP contribution >= 0.6 is 12.4 Å². The van der Waals surface area contributed by atoms with Crippen molar-refractivity contribution in [3.8, 4) is 0 Å². The van der Waals surface area contributed by atoms with Crippen molar-refractivity contribution in [3.05, 3.63) is 30.0 Å². The lowest BCUT2D eigenvalue weighted by Crippen LogP contribution is -2.26. The van der Waals surface area contributed by atoms with E-state index in [1.165, 1.54) is 19.2 Å². The largest absolute Gasteiger partial charge is 0.477 e. The van der Waals surface area contributed by atoms with Gasteiger partial charge in [0.2, 0.25) is 0 Å². The summed E-state index contributed by atoms with van der Waals surface area (Å²) in [5.74, 6) is -1.07. The zero-order chi connectivity index (χ0) is 13.3. The summed E-state index contributed by atoms with van der Waals surface area (Å²) in [4.78, 5) is 13.5. The highest BCUT2D eigenvalue weighted by atomic mass is 35.5. The van der Waals surface area contributed by atoms with Crippen molar-refractivity contribution in [2.45, 2.75) is 0 Å². The van der Waals surface area contributed by atoms with Gasteiger partial charge in [0, 0.05) is 18.0 Å². The second kappa shape index (κ2) is 5.47. The molecule has 2 rings (SSSR count). The SMILES string of the molecule is CNS(=O)(=O)Nc1ccc2cc(C(=O)O)[nH]c2c1.Cl. The van der Waals surface area contributed by atoms with Crippen LogP contribution in [0.25, 0.3) is 10.9 Å². The van der Waals surface area contributed by atoms with Crippen LogP contribution in [-0.2, 0) is 10.2 Å². The monoisotopic (exact) mass is 305 g/mol. The van der Waals surface area contributed by atoms with E-state index in [1.807, 2.05) is 0 Å². The Hall–Kier alpha value is -1.77. The minimum absolute atomic E-state index is 0. The van der Waals surface area contributed by atoms with Gasteiger partial charge in [-0.3, -0.25) is 4.72 Å². The van der Waals surface area contributed by atoms with Gasteiger partial charge >= 0.3 is 5.97 Å². The quantitative estimate of drug-likeness (QED) is 0.679. The summed E-state index contributed by atoms with van der Waals surface area (Å²) in [6.45, 7) is 0. The molecular formula is C10H12ClN3O4S. The predicted molar refractivity (Wildman–Crippen MR) is 74.1 cm³/mol. The fraction of sp³-hybridized carbons (Fsp3) is 0.100. The normalized spacial score (nSPS) is 11.0.